The summed E-state index contributed by atoms with van der Waals surface area (Å²) in [4.78, 5) is 25.4. The number of rotatable bonds is 2. The lowest BCUT2D eigenvalue weighted by atomic mass is 10.2. The van der Waals surface area contributed by atoms with Gasteiger partial charge in [0.2, 0.25) is 0 Å². The number of nitrogens with zero attached hydrogens (tertiary/aromatic N) is 2. The van der Waals surface area contributed by atoms with Gasteiger partial charge in [-0.15, -0.1) is 6.42 Å². The number of terminal acetylenes is 1. The van der Waals surface area contributed by atoms with Gasteiger partial charge in [-0.05, 0) is 18.3 Å². The number of amides is 3. The number of thiocarbonyl (C=S) groups is 1. The molecule has 2 rings (SSSR count). The Balaban J connectivity index is 2.42. The Labute approximate surface area is 152 Å². The molecule has 7 nitrogen and oxygen atoms in total. The largest absolute Gasteiger partial charge is 0.483 e. The summed E-state index contributed by atoms with van der Waals surface area (Å²) in [6.45, 7) is -0.493. The highest BCUT2D eigenvalue weighted by Crippen LogP contribution is 2.41. The summed E-state index contributed by atoms with van der Waals surface area (Å²) in [7, 11) is 2.83. The smallest absolute Gasteiger partial charge is 0.423 e. The van der Waals surface area contributed by atoms with Gasteiger partial charge in [0.15, 0.2) is 16.7 Å². The van der Waals surface area contributed by atoms with Gasteiger partial charge in [-0.1, -0.05) is 5.92 Å². The third-order valence-corrected chi connectivity index (χ3v) is 3.86. The predicted molar refractivity (Wildman–Crippen MR) is 91.6 cm³/mol. The second-order valence-electron chi connectivity index (χ2n) is 5.06. The molecule has 2 N–H and O–H groups in total. The predicted octanol–water partition coefficient (Wildman–Crippen LogP) is 1.75. The number of carbonyl (C=O) groups is 2. The molecule has 0 aliphatic carbocycles. The molecule has 1 aliphatic rings. The van der Waals surface area contributed by atoms with Gasteiger partial charge in [-0.25, -0.2) is 9.18 Å². The first-order valence-electron chi connectivity index (χ1n) is 7.04. The van der Waals surface area contributed by atoms with Crippen molar-refractivity contribution in [3.63, 3.8) is 0 Å². The second kappa shape index (κ2) is 7.09. The lowest BCUT2D eigenvalue weighted by Gasteiger charge is -2.32. The molecule has 1 aliphatic heterocycles. The number of halogens is 3. The Morgan fingerprint density at radius 3 is 2.73 bits per heavy atom. The Hall–Kier alpha value is -3.00. The number of benzene rings is 1. The monoisotopic (exact) mass is 386 g/mol. The van der Waals surface area contributed by atoms with Gasteiger partial charge < -0.3 is 15.4 Å². The highest BCUT2D eigenvalue weighted by molar-refractivity contribution is 7.80. The van der Waals surface area contributed by atoms with Crippen molar-refractivity contribution in [1.29, 1.82) is 0 Å². The van der Waals surface area contributed by atoms with Crippen LogP contribution in [0.25, 0.3) is 0 Å². The van der Waals surface area contributed by atoms with E-state index in [-0.39, 0.29) is 16.5 Å². The average Bonchev–Trinajstić information content (AvgIpc) is 2.58. The van der Waals surface area contributed by atoms with E-state index in [1.807, 2.05) is 0 Å². The Kier molecular flexibility index (Phi) is 5.27. The van der Waals surface area contributed by atoms with Crippen LogP contribution in [0.2, 0.25) is 0 Å². The zero-order chi connectivity index (χ0) is 19.6. The first-order valence-corrected chi connectivity index (χ1v) is 7.45. The molecule has 0 unspecified atom stereocenters. The molecule has 11 heteroatoms. The van der Waals surface area contributed by atoms with Crippen LogP contribution in [0.4, 0.5) is 29.3 Å². The van der Waals surface area contributed by atoms with E-state index in [4.69, 9.17) is 18.6 Å². The third-order valence-electron chi connectivity index (χ3n) is 3.39. The van der Waals surface area contributed by atoms with E-state index in [1.165, 1.54) is 14.1 Å². The zero-order valence-electron chi connectivity index (χ0n) is 13.6. The van der Waals surface area contributed by atoms with E-state index >= 15 is 0 Å². The summed E-state index contributed by atoms with van der Waals surface area (Å²) < 4.78 is 45.7. The minimum atomic E-state index is -4.18. The molecule has 138 valence electrons. The number of ether oxygens (including phenoxy) is 1. The maximum absolute atomic E-state index is 14.2. The Morgan fingerprint density at radius 2 is 2.15 bits per heavy atom. The van der Waals surface area contributed by atoms with Crippen molar-refractivity contribution >= 4 is 40.6 Å². The molecule has 1 aromatic rings. The second-order valence-corrected chi connectivity index (χ2v) is 5.45. The van der Waals surface area contributed by atoms with Crippen molar-refractivity contribution in [2.24, 2.45) is 0 Å². The number of carbonyl (C=O) groups excluding carboxylic acids is 2. The minimum absolute atomic E-state index is 0.0629. The fourth-order valence-corrected chi connectivity index (χ4v) is 2.17. The summed E-state index contributed by atoms with van der Waals surface area (Å²) in [5.41, 5.74) is -0.572. The van der Waals surface area contributed by atoms with Crippen LogP contribution >= 0.6 is 12.2 Å². The number of anilines is 2. The van der Waals surface area contributed by atoms with Crippen LogP contribution in [-0.4, -0.2) is 48.7 Å². The molecule has 0 fully saturated rings. The van der Waals surface area contributed by atoms with Gasteiger partial charge in [0, 0.05) is 20.2 Å². The molecule has 1 aromatic carbocycles. The summed E-state index contributed by atoms with van der Waals surface area (Å²) >= 11 is 4.88. The van der Waals surface area contributed by atoms with Gasteiger partial charge in [0.25, 0.3) is 0 Å². The maximum atomic E-state index is 14.2. The lowest BCUT2D eigenvalue weighted by molar-refractivity contribution is -0.192. The van der Waals surface area contributed by atoms with E-state index in [1.54, 1.807) is 0 Å². The number of hydrogen-bond acceptors (Lipinski definition) is 4. The molecule has 0 bridgehead atoms. The van der Waals surface area contributed by atoms with Crippen molar-refractivity contribution in [2.45, 2.75) is 6.11 Å². The molecule has 0 aromatic heterocycles. The number of fused-ring (bicyclic) bond motifs is 1. The Bertz CT molecular complexity index is 825. The quantitative estimate of drug-likeness (QED) is 0.599. The normalized spacial score (nSPS) is 14.6. The lowest BCUT2D eigenvalue weighted by Crippen LogP contribution is -2.51. The summed E-state index contributed by atoms with van der Waals surface area (Å²) in [5, 5.41) is 4.85. The number of nitrogens with one attached hydrogen (secondary N) is 2. The number of urea groups is 1. The molecule has 1 heterocycles. The van der Waals surface area contributed by atoms with Crippen LogP contribution in [0, 0.1) is 18.2 Å². The molecule has 3 amide bonds. The molecule has 0 spiro atoms. The van der Waals surface area contributed by atoms with Crippen molar-refractivity contribution in [3.05, 3.63) is 17.9 Å². The molecule has 0 saturated carbocycles. The van der Waals surface area contributed by atoms with Gasteiger partial charge in [-0.2, -0.15) is 8.78 Å². The van der Waals surface area contributed by atoms with Crippen molar-refractivity contribution in [1.82, 2.24) is 10.2 Å². The molecule has 0 atom stereocenters. The fraction of sp³-hybridized carbons (Fsp3) is 0.267. The Morgan fingerprint density at radius 1 is 1.50 bits per heavy atom. The van der Waals surface area contributed by atoms with Crippen LogP contribution in [0.3, 0.4) is 0 Å². The molecular formula is C15H13F3N4O3S. The SMILES string of the molecule is C#CCN1C(=O)C(F)(F)Oc2cc(F)c(NC(=O)N(C)C(=S)NC)cc21. The van der Waals surface area contributed by atoms with Crippen molar-refractivity contribution < 1.29 is 27.5 Å². The van der Waals surface area contributed by atoms with E-state index in [0.29, 0.717) is 11.0 Å². The highest BCUT2D eigenvalue weighted by atomic mass is 32.1. The van der Waals surface area contributed by atoms with Crippen LogP contribution < -0.4 is 20.3 Å². The minimum Gasteiger partial charge on any atom is -0.423 e. The topological polar surface area (TPSA) is 73.9 Å². The number of alkyl halides is 2. The van der Waals surface area contributed by atoms with E-state index in [9.17, 15) is 22.8 Å². The average molecular weight is 386 g/mol. The molecular weight excluding hydrogens is 373 g/mol. The van der Waals surface area contributed by atoms with Gasteiger partial charge >= 0.3 is 18.0 Å². The van der Waals surface area contributed by atoms with Gasteiger partial charge in [0.05, 0.1) is 17.9 Å². The van der Waals surface area contributed by atoms with Crippen LogP contribution in [0.15, 0.2) is 12.1 Å². The molecule has 0 saturated heterocycles. The summed E-state index contributed by atoms with van der Waals surface area (Å²) in [6, 6.07) is 0.814. The van der Waals surface area contributed by atoms with Gasteiger partial charge in [0.1, 0.15) is 0 Å². The summed E-state index contributed by atoms with van der Waals surface area (Å²) in [5.74, 6) is -1.26. The zero-order valence-corrected chi connectivity index (χ0v) is 14.4. The van der Waals surface area contributed by atoms with E-state index < -0.39 is 36.2 Å². The van der Waals surface area contributed by atoms with E-state index in [2.05, 4.69) is 21.3 Å². The first-order chi connectivity index (χ1) is 12.1. The molecule has 26 heavy (non-hydrogen) atoms. The number of hydrogen-bond donors (Lipinski definition) is 2. The third kappa shape index (κ3) is 3.50. The maximum Gasteiger partial charge on any atom is 0.483 e. The fourth-order valence-electron chi connectivity index (χ4n) is 2.09. The van der Waals surface area contributed by atoms with Gasteiger partial charge in [-0.3, -0.25) is 14.6 Å². The summed E-state index contributed by atoms with van der Waals surface area (Å²) in [6.07, 6.45) is 0.923. The van der Waals surface area contributed by atoms with E-state index in [0.717, 1.165) is 11.0 Å². The van der Waals surface area contributed by atoms with Crippen molar-refractivity contribution in [3.8, 4) is 18.1 Å². The van der Waals surface area contributed by atoms with Crippen LogP contribution in [0.1, 0.15) is 0 Å². The first kappa shape index (κ1) is 19.3. The van der Waals surface area contributed by atoms with Crippen LogP contribution in [-0.2, 0) is 4.79 Å². The van der Waals surface area contributed by atoms with Crippen LogP contribution in [0.5, 0.6) is 5.75 Å². The molecule has 0 radical (unpaired) electrons. The standard InChI is InChI=1S/C15H13F3N4O3S/c1-4-5-22-10-7-9(20-13(24)21(3)14(26)19-2)8(16)6-11(10)25-15(17,18)12(22)23/h1,6-7H,5H2,2-3H3,(H,19,26)(H,20,24). The highest BCUT2D eigenvalue weighted by Gasteiger charge is 2.50. The van der Waals surface area contributed by atoms with Crippen molar-refractivity contribution in [2.75, 3.05) is 30.9 Å².